The van der Waals surface area contributed by atoms with Crippen LogP contribution in [0.4, 0.5) is 0 Å². The Morgan fingerprint density at radius 3 is 2.36 bits per heavy atom. The molecule has 1 aliphatic heterocycles. The molecule has 0 bridgehead atoms. The van der Waals surface area contributed by atoms with Crippen LogP contribution in [-0.4, -0.2) is 24.1 Å². The van der Waals surface area contributed by atoms with Crippen LogP contribution in [0.15, 0.2) is 0 Å². The third kappa shape index (κ3) is 2.17. The number of hydrogen-bond acceptors (Lipinski definition) is 2. The summed E-state index contributed by atoms with van der Waals surface area (Å²) in [5, 5.41) is 2.30. The second-order valence-electron chi connectivity index (χ2n) is 4.42. The normalized spacial score (nSPS) is 27.8. The molecule has 1 rings (SSSR count). The van der Waals surface area contributed by atoms with Gasteiger partial charge in [0.2, 0.25) is 0 Å². The van der Waals surface area contributed by atoms with Crippen molar-refractivity contribution in [3.8, 4) is 0 Å². The predicted octanol–water partition coefficient (Wildman–Crippen LogP) is 1.63. The van der Waals surface area contributed by atoms with E-state index in [1.807, 2.05) is 0 Å². The van der Waals surface area contributed by atoms with Gasteiger partial charge < -0.3 is 0 Å². The zero-order valence-corrected chi connectivity index (χ0v) is 8.15. The fraction of sp³-hybridized carbons (Fsp3) is 1.00. The van der Waals surface area contributed by atoms with E-state index in [4.69, 9.17) is 0 Å². The summed E-state index contributed by atoms with van der Waals surface area (Å²) in [7, 11) is 0. The lowest BCUT2D eigenvalue weighted by Gasteiger charge is -2.27. The van der Waals surface area contributed by atoms with Crippen LogP contribution < -0.4 is 5.43 Å². The smallest absolute Gasteiger partial charge is 0.0276 e. The fourth-order valence-corrected chi connectivity index (χ4v) is 1.51. The van der Waals surface area contributed by atoms with Crippen molar-refractivity contribution in [3.63, 3.8) is 0 Å². The van der Waals surface area contributed by atoms with Crippen molar-refractivity contribution >= 4 is 0 Å². The molecule has 0 aliphatic carbocycles. The Balaban J connectivity index is 2.42. The van der Waals surface area contributed by atoms with Crippen LogP contribution in [0.2, 0.25) is 0 Å². The van der Waals surface area contributed by atoms with Crippen molar-refractivity contribution in [3.05, 3.63) is 0 Å². The van der Waals surface area contributed by atoms with Crippen molar-refractivity contribution in [1.29, 1.82) is 0 Å². The topological polar surface area (TPSA) is 15.3 Å². The summed E-state index contributed by atoms with van der Waals surface area (Å²) in [6.07, 6.45) is 1.29. The maximum Gasteiger partial charge on any atom is 0.0276 e. The lowest BCUT2D eigenvalue weighted by atomic mass is 9.86. The van der Waals surface area contributed by atoms with Crippen LogP contribution >= 0.6 is 0 Å². The molecule has 66 valence electrons. The molecule has 1 N–H and O–H groups in total. The van der Waals surface area contributed by atoms with Gasteiger partial charge in [-0.1, -0.05) is 27.7 Å². The number of nitrogens with zero attached hydrogens (tertiary/aromatic N) is 1. The third-order valence-corrected chi connectivity index (χ3v) is 2.45. The largest absolute Gasteiger partial charge is 0.252 e. The highest BCUT2D eigenvalue weighted by molar-refractivity contribution is 4.84. The van der Waals surface area contributed by atoms with Gasteiger partial charge in [0.05, 0.1) is 0 Å². The summed E-state index contributed by atoms with van der Waals surface area (Å²) < 4.78 is 0. The maximum absolute atomic E-state index is 3.51. The summed E-state index contributed by atoms with van der Waals surface area (Å²) in [5.74, 6) is 0. The molecule has 1 atom stereocenters. The number of nitrogens with one attached hydrogen (secondary N) is 1. The molecule has 0 amide bonds. The summed E-state index contributed by atoms with van der Waals surface area (Å²) in [5.41, 5.74) is 3.92. The van der Waals surface area contributed by atoms with Crippen LogP contribution in [0.3, 0.4) is 0 Å². The molecule has 1 aliphatic rings. The van der Waals surface area contributed by atoms with E-state index in [0.717, 1.165) is 6.54 Å². The molecule has 0 radical (unpaired) electrons. The van der Waals surface area contributed by atoms with Gasteiger partial charge in [-0.25, -0.2) is 5.01 Å². The average Bonchev–Trinajstić information content (AvgIpc) is 2.32. The van der Waals surface area contributed by atoms with Gasteiger partial charge >= 0.3 is 0 Å². The predicted molar refractivity (Wildman–Crippen MR) is 48.2 cm³/mol. The molecule has 0 aromatic rings. The molecule has 1 saturated heterocycles. The van der Waals surface area contributed by atoms with E-state index < -0.39 is 0 Å². The molecule has 0 saturated carbocycles. The van der Waals surface area contributed by atoms with E-state index in [2.05, 4.69) is 38.1 Å². The van der Waals surface area contributed by atoms with Crippen LogP contribution in [-0.2, 0) is 0 Å². The highest BCUT2D eigenvalue weighted by Crippen LogP contribution is 2.25. The average molecular weight is 156 g/mol. The van der Waals surface area contributed by atoms with E-state index >= 15 is 0 Å². The Labute approximate surface area is 69.9 Å². The van der Waals surface area contributed by atoms with Crippen LogP contribution in [0.5, 0.6) is 0 Å². The number of hydrazine groups is 1. The van der Waals surface area contributed by atoms with Crippen molar-refractivity contribution in [2.24, 2.45) is 5.41 Å². The van der Waals surface area contributed by atoms with Gasteiger partial charge in [0, 0.05) is 19.1 Å². The molecule has 1 fully saturated rings. The lowest BCUT2D eigenvalue weighted by molar-refractivity contribution is 0.194. The Kier molecular flexibility index (Phi) is 2.55. The second kappa shape index (κ2) is 3.11. The molecule has 1 heterocycles. The summed E-state index contributed by atoms with van der Waals surface area (Å²) >= 11 is 0. The maximum atomic E-state index is 3.51. The molecule has 11 heavy (non-hydrogen) atoms. The van der Waals surface area contributed by atoms with E-state index in [1.165, 1.54) is 13.0 Å². The van der Waals surface area contributed by atoms with E-state index in [9.17, 15) is 0 Å². The molecule has 2 nitrogen and oxygen atoms in total. The van der Waals surface area contributed by atoms with Gasteiger partial charge in [0.25, 0.3) is 0 Å². The molecular weight excluding hydrogens is 136 g/mol. The van der Waals surface area contributed by atoms with Crippen molar-refractivity contribution in [1.82, 2.24) is 10.4 Å². The zero-order chi connectivity index (χ0) is 8.48. The third-order valence-electron chi connectivity index (χ3n) is 2.45. The van der Waals surface area contributed by atoms with E-state index in [1.54, 1.807) is 0 Å². The number of hydrogen-bond donors (Lipinski definition) is 1. The van der Waals surface area contributed by atoms with Crippen LogP contribution in [0.25, 0.3) is 0 Å². The first-order valence-electron chi connectivity index (χ1n) is 4.55. The Morgan fingerprint density at radius 1 is 1.45 bits per heavy atom. The second-order valence-corrected chi connectivity index (χ2v) is 4.42. The quantitative estimate of drug-likeness (QED) is 0.621. The minimum Gasteiger partial charge on any atom is -0.252 e. The number of rotatable bonds is 1. The molecular formula is C9H20N2. The molecule has 2 heteroatoms. The van der Waals surface area contributed by atoms with Crippen LogP contribution in [0, 0.1) is 5.41 Å². The Morgan fingerprint density at radius 2 is 2.09 bits per heavy atom. The first-order valence-corrected chi connectivity index (χ1v) is 4.55. The first-order chi connectivity index (χ1) is 5.04. The van der Waals surface area contributed by atoms with Gasteiger partial charge in [-0.3, -0.25) is 5.43 Å². The molecule has 0 aromatic heterocycles. The summed E-state index contributed by atoms with van der Waals surface area (Å²) in [6, 6.07) is 0.669. The highest BCUT2D eigenvalue weighted by Gasteiger charge is 2.30. The van der Waals surface area contributed by atoms with E-state index in [-0.39, 0.29) is 0 Å². The van der Waals surface area contributed by atoms with Gasteiger partial charge in [0.1, 0.15) is 0 Å². The summed E-state index contributed by atoms with van der Waals surface area (Å²) in [4.78, 5) is 0. The van der Waals surface area contributed by atoms with Crippen molar-refractivity contribution in [2.45, 2.75) is 40.2 Å². The Hall–Kier alpha value is -0.0800. The standard InChI is InChI=1S/C9H20N2/c1-5-11-7-6-8(10-11)9(2,3)4/h8,10H,5-7H2,1-4H3. The molecule has 1 unspecified atom stereocenters. The minimum atomic E-state index is 0.407. The highest BCUT2D eigenvalue weighted by atomic mass is 15.5. The molecule has 0 spiro atoms. The van der Waals surface area contributed by atoms with Gasteiger partial charge in [0.15, 0.2) is 0 Å². The fourth-order valence-electron chi connectivity index (χ4n) is 1.51. The van der Waals surface area contributed by atoms with Crippen LogP contribution in [0.1, 0.15) is 34.1 Å². The molecule has 0 aromatic carbocycles. The SMILES string of the molecule is CCN1CCC(C(C)(C)C)N1. The van der Waals surface area contributed by atoms with Gasteiger partial charge in [-0.05, 0) is 11.8 Å². The lowest BCUT2D eigenvalue weighted by Crippen LogP contribution is -2.41. The van der Waals surface area contributed by atoms with E-state index in [0.29, 0.717) is 11.5 Å². The summed E-state index contributed by atoms with van der Waals surface area (Å²) in [6.45, 7) is 11.4. The van der Waals surface area contributed by atoms with Gasteiger partial charge in [-0.15, -0.1) is 0 Å². The van der Waals surface area contributed by atoms with Gasteiger partial charge in [-0.2, -0.15) is 0 Å². The van der Waals surface area contributed by atoms with Crippen molar-refractivity contribution < 1.29 is 0 Å². The zero-order valence-electron chi connectivity index (χ0n) is 8.15. The monoisotopic (exact) mass is 156 g/mol. The first kappa shape index (κ1) is 9.01. The van der Waals surface area contributed by atoms with Crippen molar-refractivity contribution in [2.75, 3.05) is 13.1 Å². The minimum absolute atomic E-state index is 0.407. The Bertz CT molecular complexity index is 126.